The highest BCUT2D eigenvalue weighted by Gasteiger charge is 2.45. The second-order valence-electron chi connectivity index (χ2n) is 6.12. The number of hydrogen-bond acceptors (Lipinski definition) is 2. The Morgan fingerprint density at radius 2 is 1.90 bits per heavy atom. The van der Waals surface area contributed by atoms with Gasteiger partial charge in [0.25, 0.3) is 0 Å². The Labute approximate surface area is 128 Å². The fourth-order valence-electron chi connectivity index (χ4n) is 3.96. The zero-order chi connectivity index (χ0) is 13.7. The Kier molecular flexibility index (Phi) is 3.23. The van der Waals surface area contributed by atoms with Gasteiger partial charge >= 0.3 is 0 Å². The quantitative estimate of drug-likeness (QED) is 0.741. The number of amides is 1. The molecule has 1 aromatic carbocycles. The first kappa shape index (κ1) is 13.0. The minimum atomic E-state index is 0.0855. The van der Waals surface area contributed by atoms with Crippen LogP contribution in [0.3, 0.4) is 0 Å². The monoisotopic (exact) mass is 307 g/mol. The molecule has 2 fully saturated rings. The third-order valence-electron chi connectivity index (χ3n) is 4.85. The van der Waals surface area contributed by atoms with Gasteiger partial charge < -0.3 is 4.90 Å². The summed E-state index contributed by atoms with van der Waals surface area (Å²) in [6.45, 7) is 0. The molecule has 2 nitrogen and oxygen atoms in total. The number of nitrogens with zero attached hydrogens (tertiary/aromatic N) is 1. The predicted octanol–water partition coefficient (Wildman–Crippen LogP) is 3.46. The lowest BCUT2D eigenvalue weighted by Gasteiger charge is -2.38. The number of alkyl halides is 1. The van der Waals surface area contributed by atoms with Crippen LogP contribution in [0.5, 0.6) is 0 Å². The number of halogens is 1. The minimum absolute atomic E-state index is 0.0855. The number of hydrogen-bond donors (Lipinski definition) is 0. The molecule has 0 radical (unpaired) electrons. The zero-order valence-electron chi connectivity index (χ0n) is 11.3. The summed E-state index contributed by atoms with van der Waals surface area (Å²) in [6.07, 6.45) is 5.14. The Balaban J connectivity index is 1.52. The molecule has 3 aliphatic heterocycles. The van der Waals surface area contributed by atoms with Crippen LogP contribution < -0.4 is 0 Å². The zero-order valence-corrected chi connectivity index (χ0v) is 12.9. The topological polar surface area (TPSA) is 20.3 Å². The van der Waals surface area contributed by atoms with Gasteiger partial charge in [0.05, 0.1) is 5.25 Å². The van der Waals surface area contributed by atoms with Gasteiger partial charge in [-0.05, 0) is 43.7 Å². The molecular weight excluding hydrogens is 290 g/mol. The van der Waals surface area contributed by atoms with Gasteiger partial charge in [0, 0.05) is 22.4 Å². The molecule has 0 aromatic heterocycles. The third kappa shape index (κ3) is 2.06. The Bertz CT molecular complexity index is 510. The lowest BCUT2D eigenvalue weighted by molar-refractivity contribution is -0.134. The summed E-state index contributed by atoms with van der Waals surface area (Å²) in [5.41, 5.74) is 1.33. The summed E-state index contributed by atoms with van der Waals surface area (Å²) in [6, 6.07) is 9.19. The first-order chi connectivity index (χ1) is 9.72. The van der Waals surface area contributed by atoms with Crippen LogP contribution in [0.4, 0.5) is 0 Å². The highest BCUT2D eigenvalue weighted by Crippen LogP contribution is 2.42. The molecule has 20 heavy (non-hydrogen) atoms. The average molecular weight is 308 g/mol. The van der Waals surface area contributed by atoms with Gasteiger partial charge in [-0.3, -0.25) is 4.79 Å². The maximum Gasteiger partial charge on any atom is 0.236 e. The highest BCUT2D eigenvalue weighted by molar-refractivity contribution is 8.01. The molecule has 4 heteroatoms. The molecule has 0 N–H and O–H groups in total. The molecule has 106 valence electrons. The van der Waals surface area contributed by atoms with Crippen molar-refractivity contribution in [1.82, 2.24) is 4.90 Å². The molecule has 3 unspecified atom stereocenters. The molecule has 4 rings (SSSR count). The van der Waals surface area contributed by atoms with Crippen molar-refractivity contribution in [2.75, 3.05) is 0 Å². The lowest BCUT2D eigenvalue weighted by atomic mass is 10.0. The first-order valence-corrected chi connectivity index (χ1v) is 8.75. The average Bonchev–Trinajstić information content (AvgIpc) is 2.98. The van der Waals surface area contributed by atoms with E-state index in [1.54, 1.807) is 11.8 Å². The maximum absolute atomic E-state index is 12.9. The molecule has 0 saturated carbocycles. The first-order valence-electron chi connectivity index (χ1n) is 7.43. The Morgan fingerprint density at radius 3 is 2.60 bits per heavy atom. The van der Waals surface area contributed by atoms with Crippen molar-refractivity contribution < 1.29 is 4.79 Å². The van der Waals surface area contributed by atoms with Crippen molar-refractivity contribution in [3.8, 4) is 0 Å². The van der Waals surface area contributed by atoms with Crippen molar-refractivity contribution >= 4 is 29.3 Å². The Morgan fingerprint density at radius 1 is 1.20 bits per heavy atom. The SMILES string of the molecule is O=C(C1Cc2ccccc2S1)N1C2CCC1CC(Cl)C2. The van der Waals surface area contributed by atoms with E-state index in [4.69, 9.17) is 11.6 Å². The molecule has 2 saturated heterocycles. The molecule has 0 aliphatic carbocycles. The third-order valence-corrected chi connectivity index (χ3v) is 6.51. The van der Waals surface area contributed by atoms with E-state index in [0.29, 0.717) is 18.0 Å². The summed E-state index contributed by atoms with van der Waals surface area (Å²) in [4.78, 5) is 16.4. The summed E-state index contributed by atoms with van der Waals surface area (Å²) in [5.74, 6) is 0.349. The highest BCUT2D eigenvalue weighted by atomic mass is 35.5. The molecule has 3 aliphatic rings. The van der Waals surface area contributed by atoms with Crippen molar-refractivity contribution in [3.63, 3.8) is 0 Å². The van der Waals surface area contributed by atoms with Crippen LogP contribution in [-0.2, 0) is 11.2 Å². The number of carbonyl (C=O) groups excluding carboxylic acids is 1. The second-order valence-corrected chi connectivity index (χ2v) is 7.98. The fraction of sp³-hybridized carbons (Fsp3) is 0.562. The largest absolute Gasteiger partial charge is 0.336 e. The van der Waals surface area contributed by atoms with Crippen LogP contribution in [0.15, 0.2) is 29.2 Å². The van der Waals surface area contributed by atoms with Crippen LogP contribution in [0, 0.1) is 0 Å². The molecule has 3 atom stereocenters. The standard InChI is InChI=1S/C16H18ClNOS/c17-11-8-12-5-6-13(9-11)18(12)16(19)15-7-10-3-1-2-4-14(10)20-15/h1-4,11-13,15H,5-9H2. The molecule has 1 aromatic rings. The number of thioether (sulfide) groups is 1. The van der Waals surface area contributed by atoms with Crippen molar-refractivity contribution in [2.45, 2.75) is 59.7 Å². The van der Waals surface area contributed by atoms with Gasteiger partial charge in [-0.1, -0.05) is 18.2 Å². The van der Waals surface area contributed by atoms with Gasteiger partial charge in [-0.2, -0.15) is 0 Å². The molecule has 3 heterocycles. The van der Waals surface area contributed by atoms with Crippen molar-refractivity contribution in [2.24, 2.45) is 0 Å². The van der Waals surface area contributed by atoms with Crippen LogP contribution in [0.25, 0.3) is 0 Å². The Hall–Kier alpha value is -0.670. The van der Waals surface area contributed by atoms with Gasteiger partial charge in [-0.25, -0.2) is 0 Å². The van der Waals surface area contributed by atoms with Crippen molar-refractivity contribution in [1.29, 1.82) is 0 Å². The van der Waals surface area contributed by atoms with E-state index in [1.807, 2.05) is 0 Å². The van der Waals surface area contributed by atoms with Crippen LogP contribution in [-0.4, -0.2) is 33.5 Å². The maximum atomic E-state index is 12.9. The number of benzene rings is 1. The molecule has 1 amide bonds. The van der Waals surface area contributed by atoms with Gasteiger partial charge in [0.15, 0.2) is 0 Å². The van der Waals surface area contributed by atoms with E-state index in [1.165, 1.54) is 10.5 Å². The van der Waals surface area contributed by atoms with E-state index in [9.17, 15) is 4.79 Å². The number of fused-ring (bicyclic) bond motifs is 3. The molecular formula is C16H18ClNOS. The lowest BCUT2D eigenvalue weighted by Crippen LogP contribution is -2.50. The second kappa shape index (κ2) is 4.96. The summed E-state index contributed by atoms with van der Waals surface area (Å²) >= 11 is 8.05. The smallest absolute Gasteiger partial charge is 0.236 e. The van der Waals surface area contributed by atoms with Gasteiger partial charge in [-0.15, -0.1) is 23.4 Å². The summed E-state index contributed by atoms with van der Waals surface area (Å²) < 4.78 is 0. The fourth-order valence-corrected chi connectivity index (χ4v) is 5.62. The van der Waals surface area contributed by atoms with Gasteiger partial charge in [0.1, 0.15) is 0 Å². The molecule has 0 spiro atoms. The predicted molar refractivity (Wildman–Crippen MR) is 82.3 cm³/mol. The normalized spacial score (nSPS) is 35.1. The van der Waals surface area contributed by atoms with E-state index < -0.39 is 0 Å². The molecule has 2 bridgehead atoms. The van der Waals surface area contributed by atoms with E-state index in [0.717, 1.165) is 32.1 Å². The van der Waals surface area contributed by atoms with Crippen LogP contribution in [0.2, 0.25) is 0 Å². The van der Waals surface area contributed by atoms with Crippen molar-refractivity contribution in [3.05, 3.63) is 29.8 Å². The minimum Gasteiger partial charge on any atom is -0.336 e. The number of carbonyl (C=O) groups is 1. The van der Waals surface area contributed by atoms with Crippen LogP contribution in [0.1, 0.15) is 31.2 Å². The van der Waals surface area contributed by atoms with Crippen LogP contribution >= 0.6 is 23.4 Å². The summed E-state index contributed by atoms with van der Waals surface area (Å²) in [5, 5.41) is 0.354. The van der Waals surface area contributed by atoms with E-state index in [2.05, 4.69) is 29.2 Å². The van der Waals surface area contributed by atoms with E-state index >= 15 is 0 Å². The van der Waals surface area contributed by atoms with Gasteiger partial charge in [0.2, 0.25) is 5.91 Å². The summed E-state index contributed by atoms with van der Waals surface area (Å²) in [7, 11) is 0. The van der Waals surface area contributed by atoms with E-state index in [-0.39, 0.29) is 10.6 Å². The number of piperidine rings is 1. The number of rotatable bonds is 1.